The van der Waals surface area contributed by atoms with Gasteiger partial charge in [-0.05, 0) is 117 Å². The highest BCUT2D eigenvalue weighted by molar-refractivity contribution is 5.27. The summed E-state index contributed by atoms with van der Waals surface area (Å²) in [6, 6.07) is 0. The Hall–Kier alpha value is -0.520. The summed E-state index contributed by atoms with van der Waals surface area (Å²) in [6.07, 6.45) is 21.1. The van der Waals surface area contributed by atoms with Crippen molar-refractivity contribution in [3.8, 4) is 0 Å². The summed E-state index contributed by atoms with van der Waals surface area (Å²) in [5.41, 5.74) is 4.62. The molecule has 0 N–H and O–H groups in total. The molecule has 0 aliphatic heterocycles. The van der Waals surface area contributed by atoms with Gasteiger partial charge in [0, 0.05) is 0 Å². The molecule has 0 aromatic carbocycles. The number of rotatable bonds is 6. The quantitative estimate of drug-likeness (QED) is 0.372. The SMILES string of the molecule is C/C=C(/C)C1CCC2(C)C(=CCC3C2CCC2(C)C3CCC2[C@H](C)CCCC(C)C)C1. The molecule has 4 rings (SSSR count). The van der Waals surface area contributed by atoms with Gasteiger partial charge in [0.1, 0.15) is 0 Å². The second-order valence-corrected chi connectivity index (χ2v) is 13.3. The van der Waals surface area contributed by atoms with E-state index in [2.05, 4.69) is 60.6 Å². The highest BCUT2D eigenvalue weighted by Gasteiger charge is 2.59. The molecule has 0 bridgehead atoms. The van der Waals surface area contributed by atoms with Gasteiger partial charge in [0.2, 0.25) is 0 Å². The van der Waals surface area contributed by atoms with Crippen LogP contribution in [0.5, 0.6) is 0 Å². The summed E-state index contributed by atoms with van der Waals surface area (Å²) >= 11 is 0. The zero-order valence-corrected chi connectivity index (χ0v) is 22.0. The van der Waals surface area contributed by atoms with Gasteiger partial charge in [-0.15, -0.1) is 0 Å². The molecule has 3 fully saturated rings. The van der Waals surface area contributed by atoms with Crippen LogP contribution in [0.15, 0.2) is 23.3 Å². The fourth-order valence-electron chi connectivity index (χ4n) is 9.31. The van der Waals surface area contributed by atoms with E-state index in [9.17, 15) is 0 Å². The molecule has 0 radical (unpaired) electrons. The van der Waals surface area contributed by atoms with Crippen molar-refractivity contribution in [3.63, 3.8) is 0 Å². The highest BCUT2D eigenvalue weighted by Crippen LogP contribution is 2.67. The minimum atomic E-state index is 0.510. The number of fused-ring (bicyclic) bond motifs is 5. The van der Waals surface area contributed by atoms with Gasteiger partial charge in [-0.25, -0.2) is 0 Å². The first-order valence-electron chi connectivity index (χ1n) is 14.0. The molecule has 0 nitrogen and oxygen atoms in total. The number of hydrogen-bond acceptors (Lipinski definition) is 0. The predicted octanol–water partition coefficient (Wildman–Crippen LogP) is 9.61. The first-order chi connectivity index (χ1) is 14.7. The van der Waals surface area contributed by atoms with E-state index in [-0.39, 0.29) is 0 Å². The molecular weight excluding hydrogens is 372 g/mol. The molecule has 4 aliphatic carbocycles. The van der Waals surface area contributed by atoms with Crippen LogP contribution >= 0.6 is 0 Å². The zero-order chi connectivity index (χ0) is 22.4. The van der Waals surface area contributed by atoms with Crippen molar-refractivity contribution in [1.29, 1.82) is 0 Å². The molecule has 0 spiro atoms. The Bertz CT molecular complexity index is 695. The van der Waals surface area contributed by atoms with Gasteiger partial charge >= 0.3 is 0 Å². The van der Waals surface area contributed by atoms with Gasteiger partial charge in [0.15, 0.2) is 0 Å². The second-order valence-electron chi connectivity index (χ2n) is 13.3. The van der Waals surface area contributed by atoms with Crippen LogP contribution in [0, 0.1) is 52.3 Å². The minimum absolute atomic E-state index is 0.510. The largest absolute Gasteiger partial charge is 0.0884 e. The Kier molecular flexibility index (Phi) is 6.88. The van der Waals surface area contributed by atoms with Gasteiger partial charge in [-0.2, -0.15) is 0 Å². The van der Waals surface area contributed by atoms with Gasteiger partial charge in [-0.1, -0.05) is 77.2 Å². The van der Waals surface area contributed by atoms with Gasteiger partial charge in [0.25, 0.3) is 0 Å². The lowest BCUT2D eigenvalue weighted by Gasteiger charge is -2.58. The van der Waals surface area contributed by atoms with Crippen molar-refractivity contribution >= 4 is 0 Å². The van der Waals surface area contributed by atoms with Crippen molar-refractivity contribution in [2.45, 2.75) is 119 Å². The van der Waals surface area contributed by atoms with E-state index in [4.69, 9.17) is 0 Å². The summed E-state index contributed by atoms with van der Waals surface area (Å²) in [5, 5.41) is 0. The third-order valence-corrected chi connectivity index (χ3v) is 11.4. The first kappa shape index (κ1) is 23.6. The second kappa shape index (κ2) is 9.02. The summed E-state index contributed by atoms with van der Waals surface area (Å²) < 4.78 is 0. The van der Waals surface area contributed by atoms with Crippen molar-refractivity contribution in [2.75, 3.05) is 0 Å². The molecule has 0 aromatic heterocycles. The van der Waals surface area contributed by atoms with Crippen LogP contribution in [-0.2, 0) is 0 Å². The molecule has 4 aliphatic rings. The standard InChI is InChI=1S/C31H52/c1-8-22(4)24-16-18-30(6)25(20-24)12-13-26-28-15-14-27(23(5)11-9-10-21(2)3)31(28,7)19-17-29(26)30/h8,12,21,23-24,26-29H,9-11,13-20H2,1-7H3/b22-8-/t23-,24?,26?,27?,28?,29?,30?,31?/m1/s1. The lowest BCUT2D eigenvalue weighted by Crippen LogP contribution is -2.50. The minimum Gasteiger partial charge on any atom is -0.0884 e. The average molecular weight is 425 g/mol. The van der Waals surface area contributed by atoms with Crippen molar-refractivity contribution < 1.29 is 0 Å². The van der Waals surface area contributed by atoms with Crippen LogP contribution in [0.4, 0.5) is 0 Å². The molecule has 8 atom stereocenters. The number of allylic oxidation sites excluding steroid dienone is 4. The highest BCUT2D eigenvalue weighted by atomic mass is 14.6. The van der Waals surface area contributed by atoms with Crippen LogP contribution in [-0.4, -0.2) is 0 Å². The first-order valence-corrected chi connectivity index (χ1v) is 14.0. The van der Waals surface area contributed by atoms with Crippen LogP contribution < -0.4 is 0 Å². The maximum absolute atomic E-state index is 2.77. The summed E-state index contributed by atoms with van der Waals surface area (Å²) in [6.45, 7) is 17.4. The van der Waals surface area contributed by atoms with E-state index in [1.165, 1.54) is 70.6 Å². The normalized spacial score (nSPS) is 43.8. The third kappa shape index (κ3) is 4.12. The molecule has 176 valence electrons. The maximum Gasteiger partial charge on any atom is -0.00849 e. The Morgan fingerprint density at radius 3 is 2.52 bits per heavy atom. The summed E-state index contributed by atoms with van der Waals surface area (Å²) in [5.74, 6) is 6.52. The lowest BCUT2D eigenvalue weighted by molar-refractivity contribution is -0.0519. The van der Waals surface area contributed by atoms with E-state index in [0.717, 1.165) is 41.4 Å². The van der Waals surface area contributed by atoms with E-state index in [0.29, 0.717) is 10.8 Å². The maximum atomic E-state index is 2.77. The van der Waals surface area contributed by atoms with Gasteiger partial charge in [-0.3, -0.25) is 0 Å². The Balaban J connectivity index is 1.49. The van der Waals surface area contributed by atoms with Crippen molar-refractivity contribution in [3.05, 3.63) is 23.3 Å². The Labute approximate surface area is 194 Å². The zero-order valence-electron chi connectivity index (χ0n) is 22.0. The molecule has 0 saturated heterocycles. The van der Waals surface area contributed by atoms with E-state index < -0.39 is 0 Å². The van der Waals surface area contributed by atoms with Gasteiger partial charge in [0.05, 0.1) is 0 Å². The van der Waals surface area contributed by atoms with Crippen molar-refractivity contribution in [2.24, 2.45) is 52.3 Å². The predicted molar refractivity (Wildman–Crippen MR) is 136 cm³/mol. The van der Waals surface area contributed by atoms with Crippen LogP contribution in [0.3, 0.4) is 0 Å². The topological polar surface area (TPSA) is 0 Å². The fraction of sp³-hybridized carbons (Fsp3) is 0.871. The molecule has 3 saturated carbocycles. The molecule has 31 heavy (non-hydrogen) atoms. The number of hydrogen-bond donors (Lipinski definition) is 0. The van der Waals surface area contributed by atoms with Crippen LogP contribution in [0.1, 0.15) is 119 Å². The summed E-state index contributed by atoms with van der Waals surface area (Å²) in [7, 11) is 0. The Morgan fingerprint density at radius 2 is 1.81 bits per heavy atom. The average Bonchev–Trinajstić information content (AvgIpc) is 3.09. The van der Waals surface area contributed by atoms with Crippen LogP contribution in [0.25, 0.3) is 0 Å². The third-order valence-electron chi connectivity index (χ3n) is 11.4. The van der Waals surface area contributed by atoms with Gasteiger partial charge < -0.3 is 0 Å². The fourth-order valence-corrected chi connectivity index (χ4v) is 9.31. The molecule has 0 heteroatoms. The Morgan fingerprint density at radius 1 is 1.03 bits per heavy atom. The lowest BCUT2D eigenvalue weighted by atomic mass is 9.46. The smallest absolute Gasteiger partial charge is 0.00849 e. The van der Waals surface area contributed by atoms with E-state index >= 15 is 0 Å². The van der Waals surface area contributed by atoms with E-state index in [1.54, 1.807) is 5.57 Å². The molecule has 0 amide bonds. The summed E-state index contributed by atoms with van der Waals surface area (Å²) in [4.78, 5) is 0. The monoisotopic (exact) mass is 424 g/mol. The molecule has 0 aromatic rings. The van der Waals surface area contributed by atoms with Crippen molar-refractivity contribution in [1.82, 2.24) is 0 Å². The molecule has 7 unspecified atom stereocenters. The molecular formula is C31H52. The van der Waals surface area contributed by atoms with Crippen LogP contribution in [0.2, 0.25) is 0 Å². The van der Waals surface area contributed by atoms with E-state index in [1.807, 2.05) is 5.57 Å². The molecule has 0 heterocycles.